The van der Waals surface area contributed by atoms with Crippen molar-refractivity contribution in [2.75, 3.05) is 36.9 Å². The van der Waals surface area contributed by atoms with Crippen molar-refractivity contribution in [3.63, 3.8) is 0 Å². The minimum atomic E-state index is -5.08. The number of alkyl halides is 9. The van der Waals surface area contributed by atoms with Crippen molar-refractivity contribution in [1.82, 2.24) is 9.88 Å². The summed E-state index contributed by atoms with van der Waals surface area (Å²) < 4.78 is 120. The lowest BCUT2D eigenvalue weighted by Gasteiger charge is -2.39. The van der Waals surface area contributed by atoms with Gasteiger partial charge in [-0.2, -0.15) is 39.5 Å². The number of H-pyrrole nitrogens is 1. The molecule has 234 valence electrons. The molecule has 0 radical (unpaired) electrons. The molecule has 4 rings (SSSR count). The van der Waals surface area contributed by atoms with Crippen molar-refractivity contribution in [3.8, 4) is 11.8 Å². The van der Waals surface area contributed by atoms with Crippen LogP contribution in [-0.2, 0) is 18.5 Å². The second-order valence-corrected chi connectivity index (χ2v) is 10.1. The van der Waals surface area contributed by atoms with Gasteiger partial charge in [0.2, 0.25) is 5.56 Å². The van der Waals surface area contributed by atoms with E-state index in [4.69, 9.17) is 0 Å². The lowest BCUT2D eigenvalue weighted by atomic mass is 10.0. The number of carbonyl (C=O) groups excluding carboxylic acids is 1. The summed E-state index contributed by atoms with van der Waals surface area (Å²) >= 11 is 0. The van der Waals surface area contributed by atoms with Gasteiger partial charge in [0.1, 0.15) is 0 Å². The number of piperazine rings is 1. The summed E-state index contributed by atoms with van der Waals surface area (Å²) in [7, 11) is 1.90. The Labute approximate surface area is 244 Å². The number of nitrogens with one attached hydrogen (secondary N) is 2. The van der Waals surface area contributed by atoms with E-state index in [9.17, 15) is 49.1 Å². The summed E-state index contributed by atoms with van der Waals surface area (Å²) in [6.45, 7) is 3.46. The standard InChI is InChI=1S/C29H23F9N4O2/c1-16-15-42(8-7-41(16)2)24-6-5-17(3-4-18-9-19(27(30,31)32)12-20(10-18)28(33,34)35)11-23(24)40-26(44)21-14-39-25(43)13-22(21)29(36,37)38/h5-6,9-14,16H,7-8,15H2,1-2H3,(H,39,43)(H,40,44)/t16-/m0/s1. The molecule has 44 heavy (non-hydrogen) atoms. The van der Waals surface area contributed by atoms with Crippen LogP contribution in [0.3, 0.4) is 0 Å². The van der Waals surface area contributed by atoms with Crippen molar-refractivity contribution < 1.29 is 44.3 Å². The van der Waals surface area contributed by atoms with E-state index < -0.39 is 57.8 Å². The molecule has 0 unspecified atom stereocenters. The Morgan fingerprint density at radius 1 is 0.864 bits per heavy atom. The third kappa shape index (κ3) is 7.54. The van der Waals surface area contributed by atoms with Crippen LogP contribution < -0.4 is 15.8 Å². The maximum absolute atomic E-state index is 13.6. The fourth-order valence-corrected chi connectivity index (χ4v) is 4.51. The van der Waals surface area contributed by atoms with Gasteiger partial charge in [0.15, 0.2) is 0 Å². The molecule has 0 bridgehead atoms. The Bertz CT molecular complexity index is 1650. The number of carbonyl (C=O) groups is 1. The number of hydrogen-bond donors (Lipinski definition) is 2. The van der Waals surface area contributed by atoms with Gasteiger partial charge in [-0.25, -0.2) is 0 Å². The van der Waals surface area contributed by atoms with E-state index in [0.717, 1.165) is 0 Å². The number of anilines is 2. The first-order valence-corrected chi connectivity index (χ1v) is 12.8. The first-order valence-electron chi connectivity index (χ1n) is 12.8. The van der Waals surface area contributed by atoms with Gasteiger partial charge in [0.05, 0.1) is 33.6 Å². The molecular weight excluding hydrogens is 607 g/mol. The Balaban J connectivity index is 1.78. The average Bonchev–Trinajstić information content (AvgIpc) is 2.92. The fraction of sp³-hybridized carbons (Fsp3) is 0.310. The molecule has 2 N–H and O–H groups in total. The molecule has 1 fully saturated rings. The van der Waals surface area contributed by atoms with E-state index in [1.54, 1.807) is 0 Å². The molecule has 2 aromatic carbocycles. The lowest BCUT2D eigenvalue weighted by molar-refractivity contribution is -0.143. The van der Waals surface area contributed by atoms with Gasteiger partial charge in [-0.3, -0.25) is 9.59 Å². The number of amides is 1. The van der Waals surface area contributed by atoms with E-state index in [1.165, 1.54) is 18.2 Å². The molecule has 0 saturated carbocycles. The summed E-state index contributed by atoms with van der Waals surface area (Å²) in [5.41, 5.74) is -6.72. The maximum Gasteiger partial charge on any atom is 0.417 e. The number of aromatic nitrogens is 1. The van der Waals surface area contributed by atoms with Gasteiger partial charge in [0.25, 0.3) is 5.91 Å². The highest BCUT2D eigenvalue weighted by Gasteiger charge is 2.37. The van der Waals surface area contributed by atoms with Crippen LogP contribution in [0.4, 0.5) is 50.9 Å². The lowest BCUT2D eigenvalue weighted by Crippen LogP contribution is -2.50. The van der Waals surface area contributed by atoms with Gasteiger partial charge < -0.3 is 20.1 Å². The predicted molar refractivity (Wildman–Crippen MR) is 143 cm³/mol. The Morgan fingerprint density at radius 2 is 1.48 bits per heavy atom. The number of pyridine rings is 1. The zero-order valence-electron chi connectivity index (χ0n) is 22.9. The van der Waals surface area contributed by atoms with E-state index >= 15 is 0 Å². The first kappa shape index (κ1) is 32.5. The number of nitrogens with zero attached hydrogens (tertiary/aromatic N) is 2. The summed E-state index contributed by atoms with van der Waals surface area (Å²) in [6.07, 6.45) is -14.6. The molecule has 1 aromatic heterocycles. The van der Waals surface area contributed by atoms with Gasteiger partial charge in [-0.15, -0.1) is 0 Å². The molecule has 2 heterocycles. The van der Waals surface area contributed by atoms with E-state index in [1.807, 2.05) is 23.9 Å². The number of aromatic amines is 1. The van der Waals surface area contributed by atoms with Crippen LogP contribution in [0.5, 0.6) is 0 Å². The minimum Gasteiger partial charge on any atom is -0.367 e. The highest BCUT2D eigenvalue weighted by Crippen LogP contribution is 2.37. The third-order valence-electron chi connectivity index (χ3n) is 6.96. The third-order valence-corrected chi connectivity index (χ3v) is 6.96. The summed E-state index contributed by atoms with van der Waals surface area (Å²) in [4.78, 5) is 30.6. The van der Waals surface area contributed by atoms with Crippen molar-refractivity contribution in [2.45, 2.75) is 31.5 Å². The van der Waals surface area contributed by atoms with Crippen LogP contribution in [0.1, 0.15) is 45.1 Å². The largest absolute Gasteiger partial charge is 0.417 e. The van der Waals surface area contributed by atoms with Gasteiger partial charge in [0, 0.05) is 49.1 Å². The van der Waals surface area contributed by atoms with E-state index in [-0.39, 0.29) is 29.4 Å². The number of benzene rings is 2. The Morgan fingerprint density at radius 3 is 2.05 bits per heavy atom. The average molecular weight is 631 g/mol. The second kappa shape index (κ2) is 11.9. The predicted octanol–water partition coefficient (Wildman–Crippen LogP) is 6.22. The van der Waals surface area contributed by atoms with Crippen molar-refractivity contribution in [3.05, 3.63) is 92.4 Å². The first-order chi connectivity index (χ1) is 20.3. The van der Waals surface area contributed by atoms with Crippen LogP contribution in [-0.4, -0.2) is 48.5 Å². The van der Waals surface area contributed by atoms with Crippen molar-refractivity contribution in [1.29, 1.82) is 0 Å². The molecular formula is C29H23F9N4O2. The van der Waals surface area contributed by atoms with Crippen LogP contribution in [0.25, 0.3) is 0 Å². The van der Waals surface area contributed by atoms with Crippen LogP contribution in [0, 0.1) is 11.8 Å². The summed E-state index contributed by atoms with van der Waals surface area (Å²) in [5, 5.41) is 2.40. The molecule has 15 heteroatoms. The van der Waals surface area contributed by atoms with Crippen molar-refractivity contribution >= 4 is 17.3 Å². The maximum atomic E-state index is 13.6. The molecule has 3 aromatic rings. The van der Waals surface area contributed by atoms with Crippen LogP contribution in [0.2, 0.25) is 0 Å². The van der Waals surface area contributed by atoms with E-state index in [2.05, 4.69) is 22.1 Å². The highest BCUT2D eigenvalue weighted by atomic mass is 19.4. The van der Waals surface area contributed by atoms with Gasteiger partial charge in [-0.1, -0.05) is 11.8 Å². The quantitative estimate of drug-likeness (QED) is 0.266. The monoisotopic (exact) mass is 630 g/mol. The van der Waals surface area contributed by atoms with E-state index in [0.29, 0.717) is 43.7 Å². The second-order valence-electron chi connectivity index (χ2n) is 10.1. The molecule has 6 nitrogen and oxygen atoms in total. The Hall–Kier alpha value is -4.45. The van der Waals surface area contributed by atoms with Crippen molar-refractivity contribution in [2.24, 2.45) is 0 Å². The normalized spacial score (nSPS) is 16.3. The fourth-order valence-electron chi connectivity index (χ4n) is 4.51. The number of rotatable bonds is 3. The molecule has 0 spiro atoms. The molecule has 0 aliphatic carbocycles. The smallest absolute Gasteiger partial charge is 0.367 e. The van der Waals surface area contributed by atoms with Crippen LogP contribution in [0.15, 0.2) is 53.5 Å². The summed E-state index contributed by atoms with van der Waals surface area (Å²) in [5.74, 6) is 3.52. The van der Waals surface area contributed by atoms with Gasteiger partial charge >= 0.3 is 18.5 Å². The zero-order chi connectivity index (χ0) is 32.6. The molecule has 1 aliphatic rings. The number of likely N-dealkylation sites (N-methyl/N-ethyl adjacent to an activating group) is 1. The number of hydrogen-bond acceptors (Lipinski definition) is 4. The van der Waals surface area contributed by atoms with Crippen LogP contribution >= 0.6 is 0 Å². The minimum absolute atomic E-state index is 0.0158. The highest BCUT2D eigenvalue weighted by molar-refractivity contribution is 6.07. The molecule has 1 saturated heterocycles. The van der Waals surface area contributed by atoms with Gasteiger partial charge in [-0.05, 0) is 50.4 Å². The Kier molecular flexibility index (Phi) is 8.79. The summed E-state index contributed by atoms with van der Waals surface area (Å²) in [6, 6.07) is 5.33. The molecule has 1 atom stereocenters. The molecule has 1 amide bonds. The number of halogens is 9. The topological polar surface area (TPSA) is 68.4 Å². The SMILES string of the molecule is C[C@H]1CN(c2ccc(C#Cc3cc(C(F)(F)F)cc(C(F)(F)F)c3)cc2NC(=O)c2c[nH]c(=O)cc2C(F)(F)F)CCN1C. The molecule has 1 aliphatic heterocycles. The zero-order valence-corrected chi connectivity index (χ0v) is 22.9.